The Hall–Kier alpha value is -0.730. The average molecular weight is 282 g/mol. The maximum Gasteiger partial charge on any atom is 0.119 e. The standard InChI is InChI=1S/C16H24ClNO/c1-2-13-12-15(8-9-16(13)17)19-11-10-18-14-6-4-3-5-7-14/h8-9,12,14,18H,2-7,10-11H2,1H3. The third-order valence-electron chi connectivity index (χ3n) is 3.81. The van der Waals surface area contributed by atoms with Crippen molar-refractivity contribution in [1.82, 2.24) is 5.32 Å². The normalized spacial score (nSPS) is 16.5. The van der Waals surface area contributed by atoms with Gasteiger partial charge < -0.3 is 10.1 Å². The molecule has 0 aliphatic heterocycles. The van der Waals surface area contributed by atoms with Crippen LogP contribution in [0.1, 0.15) is 44.6 Å². The molecule has 1 N–H and O–H groups in total. The summed E-state index contributed by atoms with van der Waals surface area (Å²) in [7, 11) is 0. The molecule has 2 nitrogen and oxygen atoms in total. The van der Waals surface area contributed by atoms with E-state index in [2.05, 4.69) is 12.2 Å². The zero-order valence-electron chi connectivity index (χ0n) is 11.8. The van der Waals surface area contributed by atoms with Gasteiger partial charge in [-0.1, -0.05) is 37.8 Å². The van der Waals surface area contributed by atoms with Gasteiger partial charge in [-0.15, -0.1) is 0 Å². The van der Waals surface area contributed by atoms with Crippen molar-refractivity contribution >= 4 is 11.6 Å². The molecule has 1 aliphatic rings. The van der Waals surface area contributed by atoms with Crippen molar-refractivity contribution in [3.63, 3.8) is 0 Å². The molecule has 0 heterocycles. The number of halogens is 1. The quantitative estimate of drug-likeness (QED) is 0.789. The maximum absolute atomic E-state index is 6.09. The van der Waals surface area contributed by atoms with Crippen molar-refractivity contribution in [2.45, 2.75) is 51.5 Å². The van der Waals surface area contributed by atoms with Gasteiger partial charge in [0, 0.05) is 17.6 Å². The van der Waals surface area contributed by atoms with Gasteiger partial charge in [-0.2, -0.15) is 0 Å². The molecule has 2 rings (SSSR count). The van der Waals surface area contributed by atoms with Gasteiger partial charge in [0.2, 0.25) is 0 Å². The summed E-state index contributed by atoms with van der Waals surface area (Å²) in [6.07, 6.45) is 7.72. The first kappa shape index (κ1) is 14.7. The average Bonchev–Trinajstić information content (AvgIpc) is 2.46. The van der Waals surface area contributed by atoms with Gasteiger partial charge in [-0.3, -0.25) is 0 Å². The highest BCUT2D eigenvalue weighted by atomic mass is 35.5. The molecule has 0 bridgehead atoms. The van der Waals surface area contributed by atoms with Gasteiger partial charge in [0.15, 0.2) is 0 Å². The van der Waals surface area contributed by atoms with E-state index in [1.54, 1.807) is 0 Å². The first-order valence-corrected chi connectivity index (χ1v) is 7.82. The van der Waals surface area contributed by atoms with E-state index in [-0.39, 0.29) is 0 Å². The topological polar surface area (TPSA) is 21.3 Å². The summed E-state index contributed by atoms with van der Waals surface area (Å²) in [5.74, 6) is 0.923. The van der Waals surface area contributed by atoms with Crippen LogP contribution in [0.4, 0.5) is 0 Å². The number of hydrogen-bond acceptors (Lipinski definition) is 2. The number of aryl methyl sites for hydroxylation is 1. The van der Waals surface area contributed by atoms with E-state index in [9.17, 15) is 0 Å². The summed E-state index contributed by atoms with van der Waals surface area (Å²) in [5, 5.41) is 4.41. The number of benzene rings is 1. The highest BCUT2D eigenvalue weighted by Gasteiger charge is 2.11. The molecule has 0 saturated heterocycles. The number of nitrogens with one attached hydrogen (secondary N) is 1. The van der Waals surface area contributed by atoms with Gasteiger partial charge in [-0.25, -0.2) is 0 Å². The fraction of sp³-hybridized carbons (Fsp3) is 0.625. The molecule has 106 valence electrons. The van der Waals surface area contributed by atoms with E-state index < -0.39 is 0 Å². The van der Waals surface area contributed by atoms with Crippen molar-refractivity contribution < 1.29 is 4.74 Å². The monoisotopic (exact) mass is 281 g/mol. The molecule has 19 heavy (non-hydrogen) atoms. The van der Waals surface area contributed by atoms with E-state index in [1.165, 1.54) is 32.1 Å². The predicted molar refractivity (Wildman–Crippen MR) is 81.2 cm³/mol. The summed E-state index contributed by atoms with van der Waals surface area (Å²) in [5.41, 5.74) is 1.15. The molecular formula is C16H24ClNO. The second kappa shape index (κ2) is 7.76. The Bertz CT molecular complexity index is 388. The molecule has 3 heteroatoms. The third kappa shape index (κ3) is 4.70. The maximum atomic E-state index is 6.09. The number of ether oxygens (including phenoxy) is 1. The van der Waals surface area contributed by atoms with E-state index >= 15 is 0 Å². The zero-order valence-corrected chi connectivity index (χ0v) is 12.5. The molecule has 0 amide bonds. The first-order chi connectivity index (χ1) is 9.29. The zero-order chi connectivity index (χ0) is 13.5. The van der Waals surface area contributed by atoms with E-state index in [0.717, 1.165) is 35.9 Å². The van der Waals surface area contributed by atoms with Crippen molar-refractivity contribution in [3.8, 4) is 5.75 Å². The van der Waals surface area contributed by atoms with Crippen LogP contribution in [-0.2, 0) is 6.42 Å². The lowest BCUT2D eigenvalue weighted by Crippen LogP contribution is -2.34. The smallest absolute Gasteiger partial charge is 0.119 e. The van der Waals surface area contributed by atoms with Crippen LogP contribution in [0.3, 0.4) is 0 Å². The van der Waals surface area contributed by atoms with Crippen molar-refractivity contribution in [1.29, 1.82) is 0 Å². The lowest BCUT2D eigenvalue weighted by atomic mass is 9.96. The minimum Gasteiger partial charge on any atom is -0.492 e. The molecule has 0 atom stereocenters. The van der Waals surface area contributed by atoms with Crippen LogP contribution < -0.4 is 10.1 Å². The second-order valence-electron chi connectivity index (χ2n) is 5.24. The first-order valence-electron chi connectivity index (χ1n) is 7.44. The van der Waals surface area contributed by atoms with Crippen molar-refractivity contribution in [2.24, 2.45) is 0 Å². The van der Waals surface area contributed by atoms with Crippen molar-refractivity contribution in [3.05, 3.63) is 28.8 Å². The van der Waals surface area contributed by atoms with Crippen LogP contribution in [0.25, 0.3) is 0 Å². The van der Waals surface area contributed by atoms with Crippen LogP contribution >= 0.6 is 11.6 Å². The van der Waals surface area contributed by atoms with Crippen LogP contribution in [0, 0.1) is 0 Å². The highest BCUT2D eigenvalue weighted by Crippen LogP contribution is 2.22. The predicted octanol–water partition coefficient (Wildman–Crippen LogP) is 4.20. The largest absolute Gasteiger partial charge is 0.492 e. The second-order valence-corrected chi connectivity index (χ2v) is 5.65. The van der Waals surface area contributed by atoms with Gasteiger partial charge in [-0.05, 0) is 43.0 Å². The fourth-order valence-electron chi connectivity index (χ4n) is 2.65. The summed E-state index contributed by atoms with van der Waals surface area (Å²) >= 11 is 6.09. The summed E-state index contributed by atoms with van der Waals surface area (Å²) in [6.45, 7) is 3.76. The Labute approximate surface area is 121 Å². The molecule has 1 aromatic carbocycles. The van der Waals surface area contributed by atoms with E-state index in [0.29, 0.717) is 6.04 Å². The van der Waals surface area contributed by atoms with Gasteiger partial charge in [0.25, 0.3) is 0 Å². The van der Waals surface area contributed by atoms with Crippen LogP contribution in [0.2, 0.25) is 5.02 Å². The van der Waals surface area contributed by atoms with Crippen LogP contribution in [-0.4, -0.2) is 19.2 Å². The molecular weight excluding hydrogens is 258 g/mol. The Morgan fingerprint density at radius 3 is 2.79 bits per heavy atom. The minimum absolute atomic E-state index is 0.703. The summed E-state index contributed by atoms with van der Waals surface area (Å²) < 4.78 is 5.77. The van der Waals surface area contributed by atoms with Crippen molar-refractivity contribution in [2.75, 3.05) is 13.2 Å². The lowest BCUT2D eigenvalue weighted by Gasteiger charge is -2.22. The summed E-state index contributed by atoms with van der Waals surface area (Å²) in [4.78, 5) is 0. The SMILES string of the molecule is CCc1cc(OCCNC2CCCCC2)ccc1Cl. The van der Waals surface area contributed by atoms with Gasteiger partial charge in [0.05, 0.1) is 0 Å². The van der Waals surface area contributed by atoms with Gasteiger partial charge in [0.1, 0.15) is 12.4 Å². The molecule has 0 unspecified atom stereocenters. The molecule has 1 fully saturated rings. The highest BCUT2D eigenvalue weighted by molar-refractivity contribution is 6.31. The van der Waals surface area contributed by atoms with E-state index in [4.69, 9.17) is 16.3 Å². The third-order valence-corrected chi connectivity index (χ3v) is 4.18. The van der Waals surface area contributed by atoms with Crippen LogP contribution in [0.15, 0.2) is 18.2 Å². The Balaban J connectivity index is 1.70. The molecule has 1 aromatic rings. The van der Waals surface area contributed by atoms with E-state index in [1.807, 2.05) is 18.2 Å². The van der Waals surface area contributed by atoms with Gasteiger partial charge >= 0.3 is 0 Å². The molecule has 0 aromatic heterocycles. The summed E-state index contributed by atoms with van der Waals surface area (Å²) in [6, 6.07) is 6.61. The Morgan fingerprint density at radius 1 is 1.26 bits per heavy atom. The Morgan fingerprint density at radius 2 is 2.05 bits per heavy atom. The number of rotatable bonds is 6. The lowest BCUT2D eigenvalue weighted by molar-refractivity contribution is 0.289. The Kier molecular flexibility index (Phi) is 5.99. The molecule has 0 radical (unpaired) electrons. The molecule has 0 spiro atoms. The number of hydrogen-bond donors (Lipinski definition) is 1. The van der Waals surface area contributed by atoms with Crippen LogP contribution in [0.5, 0.6) is 5.75 Å². The minimum atomic E-state index is 0.703. The molecule has 1 aliphatic carbocycles. The molecule has 1 saturated carbocycles. The fourth-order valence-corrected chi connectivity index (χ4v) is 2.90.